The number of amides is 2. The van der Waals surface area contributed by atoms with Crippen molar-refractivity contribution in [3.05, 3.63) is 28.2 Å². The quantitative estimate of drug-likeness (QED) is 0.895. The van der Waals surface area contributed by atoms with Crippen LogP contribution in [0.5, 0.6) is 0 Å². The van der Waals surface area contributed by atoms with Crippen molar-refractivity contribution in [3.8, 4) is 6.07 Å². The first-order chi connectivity index (χ1) is 7.67. The average Bonchev–Trinajstić information content (AvgIpc) is 2.27. The molecule has 0 aliphatic rings. The maximum Gasteiger partial charge on any atom is 0.319 e. The van der Waals surface area contributed by atoms with Gasteiger partial charge < -0.3 is 10.6 Å². The van der Waals surface area contributed by atoms with Crippen LogP contribution in [0, 0.1) is 11.3 Å². The summed E-state index contributed by atoms with van der Waals surface area (Å²) in [5.74, 6) is 0. The number of hydrogen-bond acceptors (Lipinski definition) is 2. The fraction of sp³-hybridized carbons (Fsp3) is 0.273. The Bertz CT molecular complexity index is 426. The van der Waals surface area contributed by atoms with Gasteiger partial charge >= 0.3 is 6.03 Å². The fourth-order valence-corrected chi connectivity index (χ4v) is 1.48. The summed E-state index contributed by atoms with van der Waals surface area (Å²) in [5, 5.41) is 14.2. The van der Waals surface area contributed by atoms with Crippen LogP contribution in [0.4, 0.5) is 10.5 Å². The predicted molar refractivity (Wildman–Crippen MR) is 66.2 cm³/mol. The van der Waals surface area contributed by atoms with E-state index in [0.717, 1.165) is 10.9 Å². The third-order valence-electron chi connectivity index (χ3n) is 1.89. The van der Waals surface area contributed by atoms with Gasteiger partial charge in [0, 0.05) is 11.0 Å². The third-order valence-corrected chi connectivity index (χ3v) is 2.38. The Kier molecular flexibility index (Phi) is 4.80. The molecule has 1 aromatic rings. The SMILES string of the molecule is CCCNC(=O)Nc1cc(Br)ccc1C#N. The number of benzene rings is 1. The molecule has 0 heterocycles. The number of hydrogen-bond donors (Lipinski definition) is 2. The first-order valence-corrected chi connectivity index (χ1v) is 5.71. The van der Waals surface area contributed by atoms with Crippen molar-refractivity contribution in [3.63, 3.8) is 0 Å². The minimum Gasteiger partial charge on any atom is -0.338 e. The largest absolute Gasteiger partial charge is 0.338 e. The van der Waals surface area contributed by atoms with Crippen molar-refractivity contribution >= 4 is 27.6 Å². The van der Waals surface area contributed by atoms with Gasteiger partial charge in [-0.15, -0.1) is 0 Å². The molecule has 0 unspecified atom stereocenters. The lowest BCUT2D eigenvalue weighted by atomic mass is 10.2. The van der Waals surface area contributed by atoms with E-state index in [1.165, 1.54) is 0 Å². The summed E-state index contributed by atoms with van der Waals surface area (Å²) in [5.41, 5.74) is 0.945. The van der Waals surface area contributed by atoms with Gasteiger partial charge in [-0.2, -0.15) is 5.26 Å². The normalized spacial score (nSPS) is 9.31. The lowest BCUT2D eigenvalue weighted by molar-refractivity contribution is 0.252. The maximum atomic E-state index is 11.4. The second kappa shape index (κ2) is 6.13. The zero-order chi connectivity index (χ0) is 12.0. The number of carbonyl (C=O) groups is 1. The van der Waals surface area contributed by atoms with Crippen LogP contribution in [-0.2, 0) is 0 Å². The zero-order valence-electron chi connectivity index (χ0n) is 8.88. The molecule has 0 bridgehead atoms. The van der Waals surface area contributed by atoms with E-state index in [1.54, 1.807) is 18.2 Å². The highest BCUT2D eigenvalue weighted by Gasteiger charge is 2.06. The van der Waals surface area contributed by atoms with E-state index in [0.29, 0.717) is 17.8 Å². The van der Waals surface area contributed by atoms with Gasteiger partial charge in [0.1, 0.15) is 6.07 Å². The monoisotopic (exact) mass is 281 g/mol. The van der Waals surface area contributed by atoms with Crippen molar-refractivity contribution in [2.24, 2.45) is 0 Å². The summed E-state index contributed by atoms with van der Waals surface area (Å²) in [6.07, 6.45) is 0.872. The Hall–Kier alpha value is -1.54. The van der Waals surface area contributed by atoms with Gasteiger partial charge in [0.25, 0.3) is 0 Å². The highest BCUT2D eigenvalue weighted by atomic mass is 79.9. The number of carbonyl (C=O) groups excluding carboxylic acids is 1. The lowest BCUT2D eigenvalue weighted by Gasteiger charge is -2.08. The summed E-state index contributed by atoms with van der Waals surface area (Å²) < 4.78 is 0.817. The highest BCUT2D eigenvalue weighted by Crippen LogP contribution is 2.20. The van der Waals surface area contributed by atoms with E-state index in [1.807, 2.05) is 13.0 Å². The second-order valence-electron chi connectivity index (χ2n) is 3.18. The molecule has 0 saturated carbocycles. The van der Waals surface area contributed by atoms with E-state index >= 15 is 0 Å². The fourth-order valence-electron chi connectivity index (χ4n) is 1.12. The molecule has 0 spiro atoms. The highest BCUT2D eigenvalue weighted by molar-refractivity contribution is 9.10. The van der Waals surface area contributed by atoms with Crippen molar-refractivity contribution in [1.82, 2.24) is 5.32 Å². The molecule has 4 nitrogen and oxygen atoms in total. The Morgan fingerprint density at radius 1 is 1.56 bits per heavy atom. The molecule has 16 heavy (non-hydrogen) atoms. The van der Waals surface area contributed by atoms with Crippen molar-refractivity contribution < 1.29 is 4.79 Å². The first-order valence-electron chi connectivity index (χ1n) is 4.92. The van der Waals surface area contributed by atoms with Crippen LogP contribution in [0.3, 0.4) is 0 Å². The molecule has 0 aromatic heterocycles. The molecule has 0 saturated heterocycles. The van der Waals surface area contributed by atoms with Gasteiger partial charge in [-0.05, 0) is 24.6 Å². The Balaban J connectivity index is 2.76. The molecule has 0 atom stereocenters. The number of nitriles is 1. The van der Waals surface area contributed by atoms with E-state index in [4.69, 9.17) is 5.26 Å². The van der Waals surface area contributed by atoms with Gasteiger partial charge in [0.2, 0.25) is 0 Å². The summed E-state index contributed by atoms with van der Waals surface area (Å²) >= 11 is 3.29. The van der Waals surface area contributed by atoms with Crippen LogP contribution in [-0.4, -0.2) is 12.6 Å². The molecular formula is C11H12BrN3O. The van der Waals surface area contributed by atoms with Crippen LogP contribution in [0.15, 0.2) is 22.7 Å². The molecule has 1 aromatic carbocycles. The van der Waals surface area contributed by atoms with Gasteiger partial charge in [-0.1, -0.05) is 22.9 Å². The standard InChI is InChI=1S/C11H12BrN3O/c1-2-5-14-11(16)15-10-6-9(12)4-3-8(10)7-13/h3-4,6H,2,5H2,1H3,(H2,14,15,16). The molecule has 2 N–H and O–H groups in total. The lowest BCUT2D eigenvalue weighted by Crippen LogP contribution is -2.29. The van der Waals surface area contributed by atoms with Gasteiger partial charge in [0.05, 0.1) is 11.3 Å². The average molecular weight is 282 g/mol. The number of urea groups is 1. The van der Waals surface area contributed by atoms with Gasteiger partial charge in [0.15, 0.2) is 0 Å². The minimum atomic E-state index is -0.295. The summed E-state index contributed by atoms with van der Waals surface area (Å²) in [6.45, 7) is 2.59. The summed E-state index contributed by atoms with van der Waals surface area (Å²) in [6, 6.07) is 6.83. The predicted octanol–water partition coefficient (Wildman–Crippen LogP) is 2.85. The number of nitrogens with one attached hydrogen (secondary N) is 2. The topological polar surface area (TPSA) is 64.9 Å². The van der Waals surface area contributed by atoms with Crippen LogP contribution in [0.2, 0.25) is 0 Å². The summed E-state index contributed by atoms with van der Waals surface area (Å²) in [7, 11) is 0. The molecular weight excluding hydrogens is 270 g/mol. The van der Waals surface area contributed by atoms with Crippen molar-refractivity contribution in [1.29, 1.82) is 5.26 Å². The van der Waals surface area contributed by atoms with E-state index in [2.05, 4.69) is 26.6 Å². The molecule has 1 rings (SSSR count). The van der Waals surface area contributed by atoms with Gasteiger partial charge in [-0.3, -0.25) is 0 Å². The second-order valence-corrected chi connectivity index (χ2v) is 4.10. The molecule has 84 valence electrons. The van der Waals surface area contributed by atoms with E-state index < -0.39 is 0 Å². The molecule has 2 amide bonds. The third kappa shape index (κ3) is 3.55. The molecule has 0 fully saturated rings. The van der Waals surface area contributed by atoms with Crippen LogP contribution in [0.25, 0.3) is 0 Å². The molecule has 5 heteroatoms. The number of anilines is 1. The van der Waals surface area contributed by atoms with E-state index in [9.17, 15) is 4.79 Å². The Labute approximate surface area is 103 Å². The number of halogens is 1. The Morgan fingerprint density at radius 2 is 2.31 bits per heavy atom. The minimum absolute atomic E-state index is 0.295. The number of nitrogens with zero attached hydrogens (tertiary/aromatic N) is 1. The van der Waals surface area contributed by atoms with Crippen LogP contribution >= 0.6 is 15.9 Å². The van der Waals surface area contributed by atoms with Crippen molar-refractivity contribution in [2.75, 3.05) is 11.9 Å². The van der Waals surface area contributed by atoms with Crippen molar-refractivity contribution in [2.45, 2.75) is 13.3 Å². The summed E-state index contributed by atoms with van der Waals surface area (Å²) in [4.78, 5) is 11.4. The smallest absolute Gasteiger partial charge is 0.319 e. The van der Waals surface area contributed by atoms with Crippen LogP contribution in [0.1, 0.15) is 18.9 Å². The van der Waals surface area contributed by atoms with Gasteiger partial charge in [-0.25, -0.2) is 4.79 Å². The molecule has 0 radical (unpaired) electrons. The van der Waals surface area contributed by atoms with E-state index in [-0.39, 0.29) is 6.03 Å². The Morgan fingerprint density at radius 3 is 2.94 bits per heavy atom. The molecule has 0 aliphatic heterocycles. The maximum absolute atomic E-state index is 11.4. The number of rotatable bonds is 3. The molecule has 0 aliphatic carbocycles. The first kappa shape index (κ1) is 12.5. The zero-order valence-corrected chi connectivity index (χ0v) is 10.5. The van der Waals surface area contributed by atoms with Crippen LogP contribution < -0.4 is 10.6 Å².